The second-order valence-corrected chi connectivity index (χ2v) is 9.18. The van der Waals surface area contributed by atoms with Crippen LogP contribution in [0.4, 0.5) is 4.79 Å². The van der Waals surface area contributed by atoms with Crippen molar-refractivity contribution < 1.29 is 14.6 Å². The van der Waals surface area contributed by atoms with E-state index in [0.29, 0.717) is 10.9 Å². The summed E-state index contributed by atoms with van der Waals surface area (Å²) in [5, 5.41) is 16.5. The van der Waals surface area contributed by atoms with Crippen molar-refractivity contribution in [1.82, 2.24) is 15.5 Å². The number of thiophene rings is 1. The van der Waals surface area contributed by atoms with Gasteiger partial charge < -0.3 is 25.4 Å². The van der Waals surface area contributed by atoms with E-state index in [1.54, 1.807) is 6.07 Å². The number of guanidine groups is 1. The molecule has 2 unspecified atom stereocenters. The van der Waals surface area contributed by atoms with Crippen LogP contribution in [0, 0.1) is 0 Å². The van der Waals surface area contributed by atoms with Gasteiger partial charge in [-0.05, 0) is 46.2 Å². The van der Waals surface area contributed by atoms with E-state index in [4.69, 9.17) is 16.3 Å². The van der Waals surface area contributed by atoms with Crippen LogP contribution in [0.3, 0.4) is 0 Å². The molecule has 0 spiro atoms. The van der Waals surface area contributed by atoms with Gasteiger partial charge >= 0.3 is 6.09 Å². The summed E-state index contributed by atoms with van der Waals surface area (Å²) < 4.78 is 5.96. The lowest BCUT2D eigenvalue weighted by molar-refractivity contribution is 0.0507. The minimum atomic E-state index is -0.686. The summed E-state index contributed by atoms with van der Waals surface area (Å²) in [6.07, 6.45) is -0.275. The molecule has 152 valence electrons. The first-order chi connectivity index (χ1) is 12.7. The number of rotatable bonds is 5. The van der Waals surface area contributed by atoms with Crippen molar-refractivity contribution in [3.63, 3.8) is 0 Å². The standard InChI is InChI=1S/C18H29ClN4O3S/c1-5-20-16(21-10-13(24)14-6-7-15(19)27-14)23-9-8-12(11-23)22-17(25)26-18(2,3)4/h6-7,12-13,24H,5,8-11H2,1-4H3,(H,20,21)(H,22,25). The molecule has 1 aliphatic rings. The normalized spacial score (nSPS) is 19.1. The lowest BCUT2D eigenvalue weighted by atomic mass is 10.2. The molecule has 2 atom stereocenters. The fraction of sp³-hybridized carbons (Fsp3) is 0.667. The van der Waals surface area contributed by atoms with Crippen molar-refractivity contribution in [3.8, 4) is 0 Å². The summed E-state index contributed by atoms with van der Waals surface area (Å²) in [7, 11) is 0. The smallest absolute Gasteiger partial charge is 0.407 e. The van der Waals surface area contributed by atoms with Crippen molar-refractivity contribution in [2.24, 2.45) is 4.99 Å². The van der Waals surface area contributed by atoms with Gasteiger partial charge in [-0.15, -0.1) is 11.3 Å². The summed E-state index contributed by atoms with van der Waals surface area (Å²) >= 11 is 7.28. The molecule has 0 bridgehead atoms. The van der Waals surface area contributed by atoms with Gasteiger partial charge in [0.2, 0.25) is 0 Å². The number of hydrogen-bond donors (Lipinski definition) is 3. The first-order valence-corrected chi connectivity index (χ1v) is 10.3. The van der Waals surface area contributed by atoms with E-state index in [0.717, 1.165) is 30.3 Å². The lowest BCUT2D eigenvalue weighted by Crippen LogP contribution is -2.44. The summed E-state index contributed by atoms with van der Waals surface area (Å²) in [6, 6.07) is 3.59. The second-order valence-electron chi connectivity index (χ2n) is 7.43. The van der Waals surface area contributed by atoms with Crippen molar-refractivity contribution >= 4 is 35.0 Å². The van der Waals surface area contributed by atoms with Crippen LogP contribution >= 0.6 is 22.9 Å². The molecule has 2 heterocycles. The predicted octanol–water partition coefficient (Wildman–Crippen LogP) is 3.00. The van der Waals surface area contributed by atoms with Gasteiger partial charge in [0.05, 0.1) is 16.9 Å². The maximum atomic E-state index is 12.0. The Labute approximate surface area is 169 Å². The molecule has 0 saturated carbocycles. The number of ether oxygens (including phenoxy) is 1. The zero-order chi connectivity index (χ0) is 20.0. The summed E-state index contributed by atoms with van der Waals surface area (Å²) in [5.41, 5.74) is -0.514. The van der Waals surface area contributed by atoms with Crippen molar-refractivity contribution in [3.05, 3.63) is 21.3 Å². The summed E-state index contributed by atoms with van der Waals surface area (Å²) in [5.74, 6) is 0.729. The largest absolute Gasteiger partial charge is 0.444 e. The monoisotopic (exact) mass is 416 g/mol. The van der Waals surface area contributed by atoms with E-state index in [2.05, 4.69) is 20.5 Å². The van der Waals surface area contributed by atoms with E-state index in [1.807, 2.05) is 33.8 Å². The molecule has 27 heavy (non-hydrogen) atoms. The summed E-state index contributed by atoms with van der Waals surface area (Å²) in [4.78, 5) is 19.4. The minimum Gasteiger partial charge on any atom is -0.444 e. The molecular formula is C18H29ClN4O3S. The number of nitrogens with zero attached hydrogens (tertiary/aromatic N) is 2. The third-order valence-electron chi connectivity index (χ3n) is 3.88. The highest BCUT2D eigenvalue weighted by Gasteiger charge is 2.28. The number of carbonyl (C=O) groups excluding carboxylic acids is 1. The molecular weight excluding hydrogens is 388 g/mol. The van der Waals surface area contributed by atoms with Crippen LogP contribution in [0.15, 0.2) is 17.1 Å². The van der Waals surface area contributed by atoms with Gasteiger partial charge in [0.25, 0.3) is 0 Å². The molecule has 3 N–H and O–H groups in total. The average Bonchev–Trinajstić information content (AvgIpc) is 3.18. The zero-order valence-corrected chi connectivity index (χ0v) is 17.9. The van der Waals surface area contributed by atoms with Crippen molar-refractivity contribution in [1.29, 1.82) is 0 Å². The topological polar surface area (TPSA) is 86.2 Å². The Morgan fingerprint density at radius 2 is 2.26 bits per heavy atom. The number of nitrogens with one attached hydrogen (secondary N) is 2. The van der Waals surface area contributed by atoms with Crippen LogP contribution < -0.4 is 10.6 Å². The van der Waals surface area contributed by atoms with Gasteiger partial charge in [0.15, 0.2) is 5.96 Å². The van der Waals surface area contributed by atoms with Crippen LogP contribution in [0.1, 0.15) is 45.1 Å². The molecule has 7 nitrogen and oxygen atoms in total. The Bertz CT molecular complexity index is 659. The highest BCUT2D eigenvalue weighted by Crippen LogP contribution is 2.27. The molecule has 1 aromatic heterocycles. The maximum absolute atomic E-state index is 12.0. The van der Waals surface area contributed by atoms with Gasteiger partial charge in [-0.3, -0.25) is 4.99 Å². The zero-order valence-electron chi connectivity index (χ0n) is 16.3. The molecule has 1 amide bonds. The van der Waals surface area contributed by atoms with E-state index < -0.39 is 17.8 Å². The Hall–Kier alpha value is -1.51. The SMILES string of the molecule is CCNC(=NCC(O)c1ccc(Cl)s1)N1CCC(NC(=O)OC(C)(C)C)C1. The quantitative estimate of drug-likeness (QED) is 0.507. The van der Waals surface area contributed by atoms with Gasteiger partial charge in [-0.2, -0.15) is 0 Å². The molecule has 2 rings (SSSR count). The summed E-state index contributed by atoms with van der Waals surface area (Å²) in [6.45, 7) is 9.91. The molecule has 1 aromatic rings. The van der Waals surface area contributed by atoms with Crippen LogP contribution in [0.2, 0.25) is 4.34 Å². The minimum absolute atomic E-state index is 0.00438. The number of alkyl carbamates (subject to hydrolysis) is 1. The number of aliphatic hydroxyl groups is 1. The second kappa shape index (κ2) is 9.61. The highest BCUT2D eigenvalue weighted by atomic mass is 35.5. The van der Waals surface area contributed by atoms with Crippen LogP contribution in [-0.4, -0.2) is 59.9 Å². The van der Waals surface area contributed by atoms with E-state index in [1.165, 1.54) is 11.3 Å². The van der Waals surface area contributed by atoms with Crippen LogP contribution in [0.25, 0.3) is 0 Å². The Kier molecular flexibility index (Phi) is 7.76. The molecule has 0 radical (unpaired) electrons. The van der Waals surface area contributed by atoms with Gasteiger partial charge in [0, 0.05) is 24.5 Å². The molecule has 1 aliphatic heterocycles. The predicted molar refractivity (Wildman–Crippen MR) is 110 cm³/mol. The number of aliphatic hydroxyl groups excluding tert-OH is 1. The number of carbonyl (C=O) groups is 1. The molecule has 9 heteroatoms. The van der Waals surface area contributed by atoms with Crippen LogP contribution in [-0.2, 0) is 4.74 Å². The van der Waals surface area contributed by atoms with E-state index >= 15 is 0 Å². The third kappa shape index (κ3) is 7.20. The van der Waals surface area contributed by atoms with Crippen LogP contribution in [0.5, 0.6) is 0 Å². The Balaban J connectivity index is 1.91. The van der Waals surface area contributed by atoms with Gasteiger partial charge in [0.1, 0.15) is 11.7 Å². The average molecular weight is 417 g/mol. The fourth-order valence-corrected chi connectivity index (χ4v) is 3.78. The van der Waals surface area contributed by atoms with Crippen molar-refractivity contribution in [2.75, 3.05) is 26.2 Å². The van der Waals surface area contributed by atoms with Crippen molar-refractivity contribution in [2.45, 2.75) is 51.9 Å². The maximum Gasteiger partial charge on any atom is 0.407 e. The first-order valence-electron chi connectivity index (χ1n) is 9.14. The number of likely N-dealkylation sites (tertiary alicyclic amines) is 1. The van der Waals surface area contributed by atoms with E-state index in [9.17, 15) is 9.90 Å². The lowest BCUT2D eigenvalue weighted by Gasteiger charge is -2.23. The number of amides is 1. The Morgan fingerprint density at radius 1 is 1.52 bits per heavy atom. The molecule has 1 fully saturated rings. The van der Waals surface area contributed by atoms with Gasteiger partial charge in [-0.1, -0.05) is 11.6 Å². The number of hydrogen-bond acceptors (Lipinski definition) is 5. The number of aliphatic imine (C=N–C) groups is 1. The number of halogens is 1. The van der Waals surface area contributed by atoms with Gasteiger partial charge in [-0.25, -0.2) is 4.79 Å². The van der Waals surface area contributed by atoms with E-state index in [-0.39, 0.29) is 12.6 Å². The molecule has 1 saturated heterocycles. The highest BCUT2D eigenvalue weighted by molar-refractivity contribution is 7.16. The Morgan fingerprint density at radius 3 is 2.85 bits per heavy atom. The first kappa shape index (κ1) is 21.8. The third-order valence-corrected chi connectivity index (χ3v) is 5.21. The molecule has 0 aliphatic carbocycles. The fourth-order valence-electron chi connectivity index (χ4n) is 2.74. The molecule has 0 aromatic carbocycles.